The Morgan fingerprint density at radius 3 is 2.79 bits per heavy atom. The molecule has 5 heteroatoms. The van der Waals surface area contributed by atoms with E-state index >= 15 is 0 Å². The van der Waals surface area contributed by atoms with E-state index in [1.54, 1.807) is 4.90 Å². The summed E-state index contributed by atoms with van der Waals surface area (Å²) < 4.78 is 0. The van der Waals surface area contributed by atoms with Crippen LogP contribution in [0.4, 0.5) is 4.79 Å². The van der Waals surface area contributed by atoms with Crippen molar-refractivity contribution in [3.63, 3.8) is 0 Å². The van der Waals surface area contributed by atoms with E-state index in [1.165, 1.54) is 0 Å². The van der Waals surface area contributed by atoms with Crippen molar-refractivity contribution >= 4 is 6.03 Å². The Balaban J connectivity index is 1.86. The molecule has 1 aliphatic heterocycles. The third kappa shape index (κ3) is 1.83. The second-order valence-electron chi connectivity index (χ2n) is 4.10. The van der Waals surface area contributed by atoms with Gasteiger partial charge in [0.25, 0.3) is 0 Å². The fourth-order valence-electron chi connectivity index (χ4n) is 1.84. The van der Waals surface area contributed by atoms with Crippen LogP contribution in [0.3, 0.4) is 0 Å². The Labute approximate surface area is 83.5 Å². The zero-order valence-corrected chi connectivity index (χ0v) is 8.22. The maximum atomic E-state index is 11.8. The zero-order chi connectivity index (χ0) is 10.1. The predicted molar refractivity (Wildman–Crippen MR) is 51.8 cm³/mol. The largest absolute Gasteiger partial charge is 0.395 e. The van der Waals surface area contributed by atoms with Crippen molar-refractivity contribution in [3.8, 4) is 0 Å². The first-order valence-corrected chi connectivity index (χ1v) is 5.14. The summed E-state index contributed by atoms with van der Waals surface area (Å²) in [4.78, 5) is 15.4. The Kier molecular flexibility index (Phi) is 2.60. The molecular formula is C9H17N3O2. The summed E-state index contributed by atoms with van der Waals surface area (Å²) in [5.74, 6) is 0. The molecule has 2 rings (SSSR count). The van der Waals surface area contributed by atoms with Crippen LogP contribution in [0.5, 0.6) is 0 Å². The molecule has 0 bridgehead atoms. The van der Waals surface area contributed by atoms with Gasteiger partial charge in [-0.15, -0.1) is 0 Å². The summed E-state index contributed by atoms with van der Waals surface area (Å²) in [5, 5.41) is 8.79. The highest BCUT2D eigenvalue weighted by Gasteiger charge is 2.39. The maximum absolute atomic E-state index is 11.8. The highest BCUT2D eigenvalue weighted by atomic mass is 16.3. The molecule has 2 amide bonds. The number of carbonyl (C=O) groups is 1. The van der Waals surface area contributed by atoms with Crippen LogP contribution in [0.15, 0.2) is 0 Å². The van der Waals surface area contributed by atoms with Crippen molar-refractivity contribution < 1.29 is 9.90 Å². The maximum Gasteiger partial charge on any atom is 0.320 e. The number of hydrogen-bond acceptors (Lipinski definition) is 3. The van der Waals surface area contributed by atoms with Crippen LogP contribution < -0.4 is 5.73 Å². The molecule has 0 radical (unpaired) electrons. The van der Waals surface area contributed by atoms with Gasteiger partial charge >= 0.3 is 6.03 Å². The standard InChI is InChI=1S/C9H17N3O2/c10-7(6-13)5-11-3-4-12(9(11)14)8-1-2-8/h7-8,13H,1-6,10H2. The predicted octanol–water partition coefficient (Wildman–Crippen LogP) is -0.794. The van der Waals surface area contributed by atoms with E-state index in [4.69, 9.17) is 10.8 Å². The van der Waals surface area contributed by atoms with Crippen LogP contribution in [0.2, 0.25) is 0 Å². The molecule has 0 spiro atoms. The van der Waals surface area contributed by atoms with Crippen LogP contribution in [-0.4, -0.2) is 59.3 Å². The van der Waals surface area contributed by atoms with Crippen LogP contribution in [0.1, 0.15) is 12.8 Å². The molecule has 1 heterocycles. The minimum Gasteiger partial charge on any atom is -0.395 e. The van der Waals surface area contributed by atoms with Gasteiger partial charge in [-0.1, -0.05) is 0 Å². The van der Waals surface area contributed by atoms with Gasteiger partial charge in [0.15, 0.2) is 0 Å². The number of hydrogen-bond donors (Lipinski definition) is 2. The fraction of sp³-hybridized carbons (Fsp3) is 0.889. The van der Waals surface area contributed by atoms with E-state index < -0.39 is 0 Å². The van der Waals surface area contributed by atoms with E-state index in [0.29, 0.717) is 12.6 Å². The normalized spacial score (nSPS) is 24.6. The summed E-state index contributed by atoms with van der Waals surface area (Å²) in [7, 11) is 0. The molecule has 3 N–H and O–H groups in total. The highest BCUT2D eigenvalue weighted by molar-refractivity contribution is 5.77. The van der Waals surface area contributed by atoms with Crippen LogP contribution in [-0.2, 0) is 0 Å². The lowest BCUT2D eigenvalue weighted by atomic mass is 10.3. The van der Waals surface area contributed by atoms with Crippen LogP contribution in [0.25, 0.3) is 0 Å². The van der Waals surface area contributed by atoms with Crippen LogP contribution in [0, 0.1) is 0 Å². The van der Waals surface area contributed by atoms with Gasteiger partial charge in [-0.25, -0.2) is 4.79 Å². The second kappa shape index (κ2) is 3.74. The number of amides is 2. The molecule has 1 atom stereocenters. The molecule has 1 aliphatic carbocycles. The van der Waals surface area contributed by atoms with Gasteiger partial charge in [0.2, 0.25) is 0 Å². The average Bonchev–Trinajstić information content (AvgIpc) is 2.95. The molecule has 1 saturated heterocycles. The third-order valence-electron chi connectivity index (χ3n) is 2.80. The summed E-state index contributed by atoms with van der Waals surface area (Å²) >= 11 is 0. The van der Waals surface area contributed by atoms with Gasteiger partial charge in [-0.2, -0.15) is 0 Å². The molecule has 0 aromatic rings. The fourth-order valence-corrected chi connectivity index (χ4v) is 1.84. The van der Waals surface area contributed by atoms with Crippen molar-refractivity contribution in [1.29, 1.82) is 0 Å². The molecule has 0 aromatic heterocycles. The van der Waals surface area contributed by atoms with Gasteiger partial charge in [-0.3, -0.25) is 0 Å². The van der Waals surface area contributed by atoms with E-state index in [1.807, 2.05) is 4.90 Å². The van der Waals surface area contributed by atoms with Gasteiger partial charge in [-0.05, 0) is 12.8 Å². The molecule has 80 valence electrons. The van der Waals surface area contributed by atoms with Crippen molar-refractivity contribution in [3.05, 3.63) is 0 Å². The van der Waals surface area contributed by atoms with Gasteiger partial charge in [0.1, 0.15) is 0 Å². The average molecular weight is 199 g/mol. The Morgan fingerprint density at radius 2 is 2.21 bits per heavy atom. The molecule has 14 heavy (non-hydrogen) atoms. The molecular weight excluding hydrogens is 182 g/mol. The highest BCUT2D eigenvalue weighted by Crippen LogP contribution is 2.29. The minimum absolute atomic E-state index is 0.0623. The quantitative estimate of drug-likeness (QED) is 0.623. The van der Waals surface area contributed by atoms with Gasteiger partial charge < -0.3 is 20.6 Å². The Bertz CT molecular complexity index is 230. The number of aliphatic hydroxyl groups excluding tert-OH is 1. The van der Waals surface area contributed by atoms with Crippen molar-refractivity contribution in [2.45, 2.75) is 24.9 Å². The molecule has 1 saturated carbocycles. The first-order valence-electron chi connectivity index (χ1n) is 5.14. The summed E-state index contributed by atoms with van der Waals surface area (Å²) in [6.07, 6.45) is 2.29. The van der Waals surface area contributed by atoms with Crippen molar-refractivity contribution in [2.24, 2.45) is 5.73 Å². The van der Waals surface area contributed by atoms with E-state index in [2.05, 4.69) is 0 Å². The summed E-state index contributed by atoms with van der Waals surface area (Å²) in [5.41, 5.74) is 5.59. The lowest BCUT2D eigenvalue weighted by molar-refractivity contribution is 0.180. The van der Waals surface area contributed by atoms with Crippen LogP contribution >= 0.6 is 0 Å². The number of aliphatic hydroxyl groups is 1. The molecule has 2 aliphatic rings. The number of urea groups is 1. The number of rotatable bonds is 4. The SMILES string of the molecule is NC(CO)CN1CCN(C2CC2)C1=O. The van der Waals surface area contributed by atoms with Crippen molar-refractivity contribution in [2.75, 3.05) is 26.2 Å². The lowest BCUT2D eigenvalue weighted by Crippen LogP contribution is -2.42. The Morgan fingerprint density at radius 1 is 1.50 bits per heavy atom. The Hall–Kier alpha value is -0.810. The van der Waals surface area contributed by atoms with Gasteiger partial charge in [0.05, 0.1) is 6.61 Å². The second-order valence-corrected chi connectivity index (χ2v) is 4.10. The summed E-state index contributed by atoms with van der Waals surface area (Å²) in [6.45, 7) is 1.98. The summed E-state index contributed by atoms with van der Waals surface area (Å²) in [6, 6.07) is 0.271. The number of nitrogens with two attached hydrogens (primary N) is 1. The lowest BCUT2D eigenvalue weighted by Gasteiger charge is -2.20. The smallest absolute Gasteiger partial charge is 0.320 e. The molecule has 0 aromatic carbocycles. The topological polar surface area (TPSA) is 69.8 Å². The molecule has 2 fully saturated rings. The van der Waals surface area contributed by atoms with E-state index in [0.717, 1.165) is 25.9 Å². The first-order chi connectivity index (χ1) is 6.72. The van der Waals surface area contributed by atoms with E-state index in [9.17, 15) is 4.79 Å². The van der Waals surface area contributed by atoms with Crippen molar-refractivity contribution in [1.82, 2.24) is 9.80 Å². The van der Waals surface area contributed by atoms with E-state index in [-0.39, 0.29) is 18.7 Å². The molecule has 1 unspecified atom stereocenters. The monoisotopic (exact) mass is 199 g/mol. The number of nitrogens with zero attached hydrogens (tertiary/aromatic N) is 2. The third-order valence-corrected chi connectivity index (χ3v) is 2.80. The minimum atomic E-state index is -0.307. The van der Waals surface area contributed by atoms with Gasteiger partial charge in [0, 0.05) is 31.7 Å². The number of carbonyl (C=O) groups excluding carboxylic acids is 1. The molecule has 5 nitrogen and oxygen atoms in total. The zero-order valence-electron chi connectivity index (χ0n) is 8.22. The first kappa shape index (κ1) is 9.73.